The maximum atomic E-state index is 15.9. The first-order valence-electron chi connectivity index (χ1n) is 11.2. The van der Waals surface area contributed by atoms with Crippen molar-refractivity contribution in [2.75, 3.05) is 13.7 Å². The molecule has 0 radical (unpaired) electrons. The first-order chi connectivity index (χ1) is 15.4. The van der Waals surface area contributed by atoms with Gasteiger partial charge in [0.25, 0.3) is 0 Å². The van der Waals surface area contributed by atoms with Crippen molar-refractivity contribution in [2.24, 2.45) is 0 Å². The van der Waals surface area contributed by atoms with Crippen LogP contribution in [0.3, 0.4) is 0 Å². The molecule has 3 amide bonds. The van der Waals surface area contributed by atoms with Crippen LogP contribution in [0.4, 0.5) is 13.6 Å². The monoisotopic (exact) mass is 456 g/mol. The van der Waals surface area contributed by atoms with Crippen molar-refractivity contribution < 1.29 is 23.1 Å². The van der Waals surface area contributed by atoms with Crippen molar-refractivity contribution in [3.8, 4) is 16.9 Å². The molecule has 7 heteroatoms. The normalized spacial score (nSPS) is 18.8. The molecule has 1 saturated heterocycles. The Kier molecular flexibility index (Phi) is 5.50. The van der Waals surface area contributed by atoms with E-state index in [0.717, 1.165) is 34.9 Å². The molecule has 33 heavy (non-hydrogen) atoms. The van der Waals surface area contributed by atoms with Crippen LogP contribution in [0.15, 0.2) is 18.2 Å². The molecule has 0 saturated carbocycles. The molecule has 0 spiro atoms. The molecule has 0 atom stereocenters. The van der Waals surface area contributed by atoms with Gasteiger partial charge in [0.15, 0.2) is 11.6 Å². The van der Waals surface area contributed by atoms with E-state index in [9.17, 15) is 9.59 Å². The summed E-state index contributed by atoms with van der Waals surface area (Å²) in [5.74, 6) is -2.11. The lowest BCUT2D eigenvalue weighted by Crippen LogP contribution is -2.34. The van der Waals surface area contributed by atoms with Crippen LogP contribution in [0.25, 0.3) is 11.1 Å². The fourth-order valence-corrected chi connectivity index (χ4v) is 4.99. The van der Waals surface area contributed by atoms with Gasteiger partial charge in [-0.1, -0.05) is 33.8 Å². The van der Waals surface area contributed by atoms with Gasteiger partial charge in [-0.2, -0.15) is 0 Å². The van der Waals surface area contributed by atoms with Gasteiger partial charge in [0.2, 0.25) is 5.91 Å². The van der Waals surface area contributed by atoms with Crippen molar-refractivity contribution in [2.45, 2.75) is 64.8 Å². The average Bonchev–Trinajstić information content (AvgIpc) is 3.05. The van der Waals surface area contributed by atoms with E-state index >= 15 is 8.78 Å². The van der Waals surface area contributed by atoms with Crippen LogP contribution in [0.2, 0.25) is 0 Å². The number of nitrogens with zero attached hydrogens (tertiary/aromatic N) is 1. The van der Waals surface area contributed by atoms with Crippen LogP contribution in [-0.4, -0.2) is 30.5 Å². The second-order valence-corrected chi connectivity index (χ2v) is 10.4. The van der Waals surface area contributed by atoms with Crippen LogP contribution in [0, 0.1) is 18.6 Å². The number of fused-ring (bicyclic) bond motifs is 1. The van der Waals surface area contributed by atoms with Crippen molar-refractivity contribution in [3.05, 3.63) is 52.1 Å². The number of carbonyl (C=O) groups is 2. The summed E-state index contributed by atoms with van der Waals surface area (Å²) < 4.78 is 36.3. The number of amides is 3. The van der Waals surface area contributed by atoms with Crippen molar-refractivity contribution in [1.29, 1.82) is 0 Å². The van der Waals surface area contributed by atoms with Crippen molar-refractivity contribution in [3.63, 3.8) is 0 Å². The number of ether oxygens (including phenoxy) is 1. The average molecular weight is 457 g/mol. The summed E-state index contributed by atoms with van der Waals surface area (Å²) in [7, 11) is 1.30. The highest BCUT2D eigenvalue weighted by atomic mass is 19.1. The first-order valence-corrected chi connectivity index (χ1v) is 11.2. The predicted molar refractivity (Wildman–Crippen MR) is 122 cm³/mol. The van der Waals surface area contributed by atoms with E-state index < -0.39 is 23.6 Å². The van der Waals surface area contributed by atoms with Gasteiger partial charge in [0.1, 0.15) is 5.82 Å². The first kappa shape index (κ1) is 23.2. The Morgan fingerprint density at radius 2 is 1.64 bits per heavy atom. The third-order valence-corrected chi connectivity index (χ3v) is 7.18. The fourth-order valence-electron chi connectivity index (χ4n) is 4.99. The summed E-state index contributed by atoms with van der Waals surface area (Å²) >= 11 is 0. The van der Waals surface area contributed by atoms with Gasteiger partial charge in [-0.15, -0.1) is 0 Å². The van der Waals surface area contributed by atoms with Crippen molar-refractivity contribution >= 4 is 11.9 Å². The lowest BCUT2D eigenvalue weighted by Gasteiger charge is -2.42. The van der Waals surface area contributed by atoms with Gasteiger partial charge < -0.3 is 10.1 Å². The summed E-state index contributed by atoms with van der Waals surface area (Å²) in [5, 5.41) is 2.40. The zero-order chi connectivity index (χ0) is 24.3. The number of rotatable bonds is 4. The van der Waals surface area contributed by atoms with E-state index in [-0.39, 0.29) is 40.8 Å². The van der Waals surface area contributed by atoms with E-state index in [1.54, 1.807) is 0 Å². The van der Waals surface area contributed by atoms with Crippen LogP contribution in [-0.2, 0) is 22.2 Å². The number of methoxy groups -OCH3 is 1. The summed E-state index contributed by atoms with van der Waals surface area (Å²) in [6, 6.07) is 4.42. The number of hydrogen-bond donors (Lipinski definition) is 1. The number of carbonyl (C=O) groups excluding carboxylic acids is 2. The maximum Gasteiger partial charge on any atom is 0.324 e. The van der Waals surface area contributed by atoms with E-state index in [1.165, 1.54) is 12.7 Å². The van der Waals surface area contributed by atoms with Gasteiger partial charge in [-0.05, 0) is 65.0 Å². The maximum absolute atomic E-state index is 15.9. The van der Waals surface area contributed by atoms with Gasteiger partial charge in [-0.25, -0.2) is 13.6 Å². The van der Waals surface area contributed by atoms with E-state index in [2.05, 4.69) is 39.1 Å². The number of aryl methyl sites for hydroxylation is 1. The van der Waals surface area contributed by atoms with Gasteiger partial charge >= 0.3 is 6.03 Å². The van der Waals surface area contributed by atoms with Gasteiger partial charge in [0, 0.05) is 5.56 Å². The molecule has 2 aliphatic rings. The summed E-state index contributed by atoms with van der Waals surface area (Å²) in [4.78, 5) is 24.9. The Morgan fingerprint density at radius 3 is 2.18 bits per heavy atom. The molecule has 1 heterocycles. The quantitative estimate of drug-likeness (QED) is 0.631. The third-order valence-electron chi connectivity index (χ3n) is 7.18. The molecule has 1 aliphatic carbocycles. The van der Waals surface area contributed by atoms with Crippen LogP contribution < -0.4 is 10.1 Å². The molecule has 176 valence electrons. The summed E-state index contributed by atoms with van der Waals surface area (Å²) in [6.45, 7) is 10.1. The number of urea groups is 1. The Morgan fingerprint density at radius 1 is 1.03 bits per heavy atom. The summed E-state index contributed by atoms with van der Waals surface area (Å²) in [5.41, 5.74) is 3.48. The van der Waals surface area contributed by atoms with E-state index in [4.69, 9.17) is 4.74 Å². The molecule has 0 aromatic heterocycles. The standard InChI is InChI=1S/C26H30F2N2O3/c1-14-9-17-18(26(4,5)8-7-25(17,2)3)11-16(14)21-22(28)15(10-19(27)23(21)33-6)13-30-20(31)12-29-24(30)32/h9-11H,7-8,12-13H2,1-6H3,(H,29,32). The largest absolute Gasteiger partial charge is 0.493 e. The highest BCUT2D eigenvalue weighted by Gasteiger charge is 2.38. The lowest BCUT2D eigenvalue weighted by atomic mass is 9.62. The number of hydrogen-bond acceptors (Lipinski definition) is 3. The second kappa shape index (κ2) is 7.82. The van der Waals surface area contributed by atoms with Crippen molar-refractivity contribution in [1.82, 2.24) is 10.2 Å². The Balaban J connectivity index is 1.93. The molecular weight excluding hydrogens is 426 g/mol. The topological polar surface area (TPSA) is 58.6 Å². The molecule has 0 bridgehead atoms. The minimum absolute atomic E-state index is 0.0130. The minimum Gasteiger partial charge on any atom is -0.493 e. The molecule has 1 N–H and O–H groups in total. The molecule has 1 fully saturated rings. The highest BCUT2D eigenvalue weighted by molar-refractivity contribution is 6.01. The van der Waals surface area contributed by atoms with Gasteiger partial charge in [-0.3, -0.25) is 9.69 Å². The Hall–Kier alpha value is -2.96. The zero-order valence-electron chi connectivity index (χ0n) is 20.0. The third kappa shape index (κ3) is 3.77. The molecule has 2 aromatic rings. The highest BCUT2D eigenvalue weighted by Crippen LogP contribution is 2.49. The molecule has 2 aromatic carbocycles. The number of imide groups is 1. The fraction of sp³-hybridized carbons (Fsp3) is 0.462. The Bertz CT molecular complexity index is 1150. The second-order valence-electron chi connectivity index (χ2n) is 10.4. The molecule has 0 unspecified atom stereocenters. The number of nitrogens with one attached hydrogen (secondary N) is 1. The van der Waals surface area contributed by atoms with Crippen LogP contribution in [0.5, 0.6) is 5.75 Å². The molecule has 1 aliphatic heterocycles. The van der Waals surface area contributed by atoms with E-state index in [0.29, 0.717) is 5.56 Å². The zero-order valence-corrected chi connectivity index (χ0v) is 20.0. The van der Waals surface area contributed by atoms with Crippen LogP contribution >= 0.6 is 0 Å². The predicted octanol–water partition coefficient (Wildman–Crippen LogP) is 5.35. The number of halogens is 2. The van der Waals surface area contributed by atoms with Crippen LogP contribution in [0.1, 0.15) is 62.8 Å². The SMILES string of the molecule is COc1c(F)cc(CN2C(=O)CNC2=O)c(F)c1-c1cc2c(cc1C)C(C)(C)CCC2(C)C. The Labute approximate surface area is 193 Å². The summed E-state index contributed by atoms with van der Waals surface area (Å²) in [6.07, 6.45) is 2.02. The lowest BCUT2D eigenvalue weighted by molar-refractivity contribution is -0.125. The minimum atomic E-state index is -0.743. The van der Waals surface area contributed by atoms with E-state index in [1.807, 2.05) is 13.0 Å². The molecular formula is C26H30F2N2O3. The molecule has 4 rings (SSSR count). The molecule has 5 nitrogen and oxygen atoms in total. The smallest absolute Gasteiger partial charge is 0.324 e. The van der Waals surface area contributed by atoms with Gasteiger partial charge in [0.05, 0.1) is 25.8 Å². The number of benzene rings is 2.